The second kappa shape index (κ2) is 11.9. The Morgan fingerprint density at radius 1 is 0.976 bits per heavy atom. The van der Waals surface area contributed by atoms with E-state index < -0.39 is 0 Å². The van der Waals surface area contributed by atoms with Crippen LogP contribution in [0.25, 0.3) is 28.3 Å². The van der Waals surface area contributed by atoms with E-state index in [1.165, 1.54) is 12.1 Å². The zero-order valence-corrected chi connectivity index (χ0v) is 23.9. The summed E-state index contributed by atoms with van der Waals surface area (Å²) in [5.41, 5.74) is 5.80. The number of amides is 1. The van der Waals surface area contributed by atoms with Gasteiger partial charge in [0.1, 0.15) is 11.5 Å². The lowest BCUT2D eigenvalue weighted by molar-refractivity contribution is -0.133. The lowest BCUT2D eigenvalue weighted by atomic mass is 10.1. The molecule has 3 aromatic heterocycles. The van der Waals surface area contributed by atoms with Crippen LogP contribution >= 0.6 is 0 Å². The Hall–Kier alpha value is -4.63. The van der Waals surface area contributed by atoms with Crippen molar-refractivity contribution in [3.8, 4) is 22.6 Å². The Bertz CT molecular complexity index is 1650. The van der Waals surface area contributed by atoms with E-state index in [4.69, 9.17) is 9.97 Å². The van der Waals surface area contributed by atoms with Crippen LogP contribution in [0.4, 0.5) is 10.3 Å². The van der Waals surface area contributed by atoms with Gasteiger partial charge in [-0.2, -0.15) is 0 Å². The highest BCUT2D eigenvalue weighted by atomic mass is 19.1. The molecule has 0 unspecified atom stereocenters. The van der Waals surface area contributed by atoms with Crippen molar-refractivity contribution >= 4 is 17.5 Å². The average molecular weight is 552 g/mol. The van der Waals surface area contributed by atoms with Crippen LogP contribution in [0.1, 0.15) is 31.0 Å². The molecule has 0 spiro atoms. The molecule has 2 aromatic carbocycles. The maximum Gasteiger partial charge on any atom is 0.239 e. The number of benzene rings is 2. The number of halogens is 1. The topological polar surface area (TPSA) is 78.7 Å². The van der Waals surface area contributed by atoms with E-state index in [0.717, 1.165) is 28.0 Å². The normalized spacial score (nSPS) is 12.9. The van der Waals surface area contributed by atoms with Crippen LogP contribution in [0.3, 0.4) is 0 Å². The summed E-state index contributed by atoms with van der Waals surface area (Å²) in [4.78, 5) is 30.4. The number of carbonyl (C=O) groups is 1. The fourth-order valence-corrected chi connectivity index (χ4v) is 4.80. The number of rotatable bonds is 9. The molecule has 3 heterocycles. The van der Waals surface area contributed by atoms with Crippen molar-refractivity contribution < 1.29 is 9.18 Å². The molecule has 1 amide bonds. The molecule has 0 aliphatic heterocycles. The Balaban J connectivity index is 1.53. The average Bonchev–Trinajstić information content (AvgIpc) is 3.36. The van der Waals surface area contributed by atoms with Gasteiger partial charge in [-0.25, -0.2) is 19.3 Å². The van der Waals surface area contributed by atoms with Crippen LogP contribution in [-0.4, -0.2) is 62.2 Å². The van der Waals surface area contributed by atoms with Crippen molar-refractivity contribution in [3.63, 3.8) is 0 Å². The summed E-state index contributed by atoms with van der Waals surface area (Å²) in [6.07, 6.45) is 3.69. The van der Waals surface area contributed by atoms with Gasteiger partial charge in [-0.15, -0.1) is 0 Å². The third-order valence-corrected chi connectivity index (χ3v) is 7.24. The molecule has 0 aliphatic rings. The van der Waals surface area contributed by atoms with Gasteiger partial charge in [0, 0.05) is 38.6 Å². The molecule has 1 N–H and O–H groups in total. The number of hydrogen-bond donors (Lipinski definition) is 1. The van der Waals surface area contributed by atoms with Crippen molar-refractivity contribution in [1.29, 1.82) is 0 Å². The summed E-state index contributed by atoms with van der Waals surface area (Å²) in [6, 6.07) is 22.1. The van der Waals surface area contributed by atoms with Crippen molar-refractivity contribution in [1.82, 2.24) is 29.2 Å². The second-order valence-corrected chi connectivity index (χ2v) is 10.4. The van der Waals surface area contributed by atoms with Crippen LogP contribution in [0.15, 0.2) is 85.2 Å². The molecule has 5 aromatic rings. The number of imidazole rings is 1. The van der Waals surface area contributed by atoms with Gasteiger partial charge < -0.3 is 10.2 Å². The minimum Gasteiger partial charge on any atom is -0.348 e. The largest absolute Gasteiger partial charge is 0.348 e. The molecule has 9 heteroatoms. The molecular formula is C32H34FN7O. The van der Waals surface area contributed by atoms with E-state index in [1.807, 2.05) is 65.9 Å². The first kappa shape index (κ1) is 27.9. The molecule has 41 heavy (non-hydrogen) atoms. The molecule has 0 bridgehead atoms. The number of likely N-dealkylation sites (N-methyl/N-ethyl adjacent to an activating group) is 2. The number of fused-ring (bicyclic) bond motifs is 1. The second-order valence-electron chi connectivity index (χ2n) is 10.4. The number of carbonyl (C=O) groups excluding carboxylic acids is 1. The quantitative estimate of drug-likeness (QED) is 0.254. The van der Waals surface area contributed by atoms with Gasteiger partial charge >= 0.3 is 0 Å². The van der Waals surface area contributed by atoms with Crippen LogP contribution in [0.5, 0.6) is 0 Å². The summed E-state index contributed by atoms with van der Waals surface area (Å²) in [7, 11) is 5.46. The van der Waals surface area contributed by atoms with E-state index in [9.17, 15) is 9.18 Å². The summed E-state index contributed by atoms with van der Waals surface area (Å²) in [6.45, 7) is 4.54. The van der Waals surface area contributed by atoms with Gasteiger partial charge in [-0.1, -0.05) is 30.3 Å². The first-order valence-electron chi connectivity index (χ1n) is 13.5. The number of aromatic nitrogens is 4. The zero-order chi connectivity index (χ0) is 29.1. The Morgan fingerprint density at radius 3 is 2.41 bits per heavy atom. The molecule has 210 valence electrons. The smallest absolute Gasteiger partial charge is 0.239 e. The molecular weight excluding hydrogens is 517 g/mol. The SMILES string of the molecule is C[C@H](Nc1nccc(-c2c(-c3ccc(F)cc3)nc3cc(CN(C)[C@@H](C)C(=O)N(C)C)ccn23)n1)c1ccccc1. The fraction of sp³-hybridized carbons (Fsp3) is 0.250. The number of nitrogens with one attached hydrogen (secondary N) is 1. The third-order valence-electron chi connectivity index (χ3n) is 7.24. The van der Waals surface area contributed by atoms with Crippen molar-refractivity contribution in [2.24, 2.45) is 0 Å². The van der Waals surface area contributed by atoms with Crippen molar-refractivity contribution in [2.75, 3.05) is 26.5 Å². The van der Waals surface area contributed by atoms with E-state index in [2.05, 4.69) is 29.4 Å². The molecule has 0 saturated heterocycles. The van der Waals surface area contributed by atoms with Crippen LogP contribution in [0, 0.1) is 5.82 Å². The Kier molecular flexibility index (Phi) is 8.07. The van der Waals surface area contributed by atoms with Crippen LogP contribution in [-0.2, 0) is 11.3 Å². The maximum absolute atomic E-state index is 13.8. The van der Waals surface area contributed by atoms with Gasteiger partial charge in [0.15, 0.2) is 0 Å². The number of hydrogen-bond acceptors (Lipinski definition) is 6. The van der Waals surface area contributed by atoms with E-state index in [-0.39, 0.29) is 23.8 Å². The zero-order valence-electron chi connectivity index (χ0n) is 23.9. The van der Waals surface area contributed by atoms with Gasteiger partial charge in [-0.05, 0) is 74.5 Å². The molecule has 8 nitrogen and oxygen atoms in total. The lowest BCUT2D eigenvalue weighted by Crippen LogP contribution is -2.42. The predicted molar refractivity (Wildman–Crippen MR) is 160 cm³/mol. The predicted octanol–water partition coefficient (Wildman–Crippen LogP) is 5.68. The maximum atomic E-state index is 13.8. The molecule has 0 radical (unpaired) electrons. The minimum absolute atomic E-state index is 0.00604. The Labute approximate surface area is 239 Å². The summed E-state index contributed by atoms with van der Waals surface area (Å²) < 4.78 is 15.8. The van der Waals surface area contributed by atoms with Crippen LogP contribution < -0.4 is 5.32 Å². The van der Waals surface area contributed by atoms with Gasteiger partial charge in [0.05, 0.1) is 29.2 Å². The first-order chi connectivity index (χ1) is 19.7. The third kappa shape index (κ3) is 6.10. The van der Waals surface area contributed by atoms with Crippen molar-refractivity contribution in [2.45, 2.75) is 32.5 Å². The molecule has 0 aliphatic carbocycles. The number of anilines is 1. The summed E-state index contributed by atoms with van der Waals surface area (Å²) in [5.74, 6) is 0.232. The summed E-state index contributed by atoms with van der Waals surface area (Å²) >= 11 is 0. The fourth-order valence-electron chi connectivity index (χ4n) is 4.80. The molecule has 0 saturated carbocycles. The monoisotopic (exact) mass is 551 g/mol. The van der Waals surface area contributed by atoms with Gasteiger partial charge in [0.25, 0.3) is 0 Å². The standard InChI is InChI=1S/C32H34FN7O/c1-21(24-9-7-6-8-10-24)35-32-34-17-15-27(36-32)30-29(25-11-13-26(33)14-12-25)37-28-19-23(16-18-40(28)30)20-39(5)22(2)31(41)38(3)4/h6-19,21-22H,20H2,1-5H3,(H,34,35,36)/t21-,22-/m0/s1. The van der Waals surface area contributed by atoms with Gasteiger partial charge in [-0.3, -0.25) is 14.1 Å². The van der Waals surface area contributed by atoms with E-state index in [0.29, 0.717) is 23.9 Å². The van der Waals surface area contributed by atoms with Crippen molar-refractivity contribution in [3.05, 3.63) is 102 Å². The molecule has 2 atom stereocenters. The minimum atomic E-state index is -0.311. The highest BCUT2D eigenvalue weighted by Gasteiger charge is 2.22. The lowest BCUT2D eigenvalue weighted by Gasteiger charge is -2.26. The molecule has 5 rings (SSSR count). The highest BCUT2D eigenvalue weighted by Crippen LogP contribution is 2.33. The summed E-state index contributed by atoms with van der Waals surface area (Å²) in [5, 5.41) is 3.40. The van der Waals surface area contributed by atoms with Gasteiger partial charge in [0.2, 0.25) is 11.9 Å². The molecule has 0 fully saturated rings. The van der Waals surface area contributed by atoms with E-state index in [1.54, 1.807) is 37.3 Å². The Morgan fingerprint density at radius 2 is 1.71 bits per heavy atom. The van der Waals surface area contributed by atoms with E-state index >= 15 is 0 Å². The number of pyridine rings is 1. The number of nitrogens with zero attached hydrogens (tertiary/aromatic N) is 6. The van der Waals surface area contributed by atoms with Crippen LogP contribution in [0.2, 0.25) is 0 Å². The first-order valence-corrected chi connectivity index (χ1v) is 13.5. The highest BCUT2D eigenvalue weighted by molar-refractivity contribution is 5.81.